The molecule has 90 valence electrons. The summed E-state index contributed by atoms with van der Waals surface area (Å²) in [6, 6.07) is 3.22. The summed E-state index contributed by atoms with van der Waals surface area (Å²) >= 11 is 0. The topological polar surface area (TPSA) is 29.3 Å². The molecule has 1 rings (SSSR count). The summed E-state index contributed by atoms with van der Waals surface area (Å²) in [6.45, 7) is 4.90. The van der Waals surface area contributed by atoms with E-state index in [4.69, 9.17) is 5.73 Å². The molecule has 0 aliphatic carbocycles. The van der Waals surface area contributed by atoms with Gasteiger partial charge in [0.15, 0.2) is 0 Å². The number of unbranched alkanes of at least 4 members (excludes halogenated alkanes) is 2. The maximum atomic E-state index is 13.2. The van der Waals surface area contributed by atoms with Crippen LogP contribution in [0.4, 0.5) is 15.8 Å². The third-order valence-corrected chi connectivity index (χ3v) is 2.82. The van der Waals surface area contributed by atoms with Crippen molar-refractivity contribution in [3.05, 3.63) is 23.5 Å². The lowest BCUT2D eigenvalue weighted by atomic mass is 10.1. The maximum Gasteiger partial charge on any atom is 0.128 e. The van der Waals surface area contributed by atoms with E-state index in [9.17, 15) is 4.39 Å². The van der Waals surface area contributed by atoms with Crippen molar-refractivity contribution in [2.75, 3.05) is 24.2 Å². The molecule has 3 heteroatoms. The van der Waals surface area contributed by atoms with E-state index in [1.807, 2.05) is 13.1 Å². The van der Waals surface area contributed by atoms with E-state index in [0.717, 1.165) is 18.7 Å². The van der Waals surface area contributed by atoms with Gasteiger partial charge in [-0.3, -0.25) is 0 Å². The molecule has 1 aromatic carbocycles. The third kappa shape index (κ3) is 3.12. The lowest BCUT2D eigenvalue weighted by Gasteiger charge is -2.21. The molecule has 0 amide bonds. The SMILES string of the molecule is CCCCCN(C)c1cc(C)c(F)cc1N. The van der Waals surface area contributed by atoms with Gasteiger partial charge in [-0.2, -0.15) is 0 Å². The molecule has 0 heterocycles. The summed E-state index contributed by atoms with van der Waals surface area (Å²) in [5, 5.41) is 0. The summed E-state index contributed by atoms with van der Waals surface area (Å²) in [5.74, 6) is -0.233. The molecule has 0 unspecified atom stereocenters. The highest BCUT2D eigenvalue weighted by atomic mass is 19.1. The molecule has 0 atom stereocenters. The molecule has 0 radical (unpaired) electrons. The van der Waals surface area contributed by atoms with Crippen molar-refractivity contribution in [3.63, 3.8) is 0 Å². The molecule has 16 heavy (non-hydrogen) atoms. The van der Waals surface area contributed by atoms with Gasteiger partial charge in [0.2, 0.25) is 0 Å². The number of hydrogen-bond donors (Lipinski definition) is 1. The van der Waals surface area contributed by atoms with Gasteiger partial charge in [0, 0.05) is 13.6 Å². The van der Waals surface area contributed by atoms with E-state index < -0.39 is 0 Å². The molecular formula is C13H21FN2. The fourth-order valence-electron chi connectivity index (χ4n) is 1.73. The normalized spacial score (nSPS) is 10.5. The first-order valence-corrected chi connectivity index (χ1v) is 5.83. The minimum absolute atomic E-state index is 0.233. The molecule has 0 fully saturated rings. The van der Waals surface area contributed by atoms with Crippen LogP contribution in [0, 0.1) is 12.7 Å². The highest BCUT2D eigenvalue weighted by molar-refractivity contribution is 5.68. The van der Waals surface area contributed by atoms with Gasteiger partial charge in [0.25, 0.3) is 0 Å². The van der Waals surface area contributed by atoms with Gasteiger partial charge in [-0.05, 0) is 31.0 Å². The lowest BCUT2D eigenvalue weighted by molar-refractivity contribution is 0.618. The first-order chi connectivity index (χ1) is 7.56. The van der Waals surface area contributed by atoms with Crippen molar-refractivity contribution in [2.45, 2.75) is 33.1 Å². The fraction of sp³-hybridized carbons (Fsp3) is 0.538. The van der Waals surface area contributed by atoms with Crippen LogP contribution in [0.1, 0.15) is 31.7 Å². The van der Waals surface area contributed by atoms with E-state index in [1.165, 1.54) is 18.9 Å². The minimum Gasteiger partial charge on any atom is -0.397 e. The van der Waals surface area contributed by atoms with Crippen LogP contribution in [-0.4, -0.2) is 13.6 Å². The van der Waals surface area contributed by atoms with Crippen LogP contribution in [0.5, 0.6) is 0 Å². The average molecular weight is 224 g/mol. The van der Waals surface area contributed by atoms with Crippen LogP contribution in [0.3, 0.4) is 0 Å². The number of anilines is 2. The molecule has 2 N–H and O–H groups in total. The first kappa shape index (κ1) is 12.8. The van der Waals surface area contributed by atoms with Gasteiger partial charge < -0.3 is 10.6 Å². The number of nitrogen functional groups attached to an aromatic ring is 1. The van der Waals surface area contributed by atoms with Crippen molar-refractivity contribution in [1.82, 2.24) is 0 Å². The Labute approximate surface area is 97.3 Å². The van der Waals surface area contributed by atoms with Crippen LogP contribution in [0.15, 0.2) is 12.1 Å². The van der Waals surface area contributed by atoms with Crippen LogP contribution in [-0.2, 0) is 0 Å². The largest absolute Gasteiger partial charge is 0.397 e. The Kier molecular flexibility index (Phi) is 4.59. The Balaban J connectivity index is 2.75. The molecular weight excluding hydrogens is 203 g/mol. The Bertz CT molecular complexity index is 350. The summed E-state index contributed by atoms with van der Waals surface area (Å²) in [5.41, 5.74) is 7.90. The fourth-order valence-corrected chi connectivity index (χ4v) is 1.73. The summed E-state index contributed by atoms with van der Waals surface area (Å²) < 4.78 is 13.2. The van der Waals surface area contributed by atoms with Gasteiger partial charge in [0.1, 0.15) is 5.82 Å². The summed E-state index contributed by atoms with van der Waals surface area (Å²) in [7, 11) is 2.00. The average Bonchev–Trinajstić information content (AvgIpc) is 2.23. The zero-order valence-corrected chi connectivity index (χ0v) is 10.4. The highest BCUT2D eigenvalue weighted by Crippen LogP contribution is 2.25. The maximum absolute atomic E-state index is 13.2. The monoisotopic (exact) mass is 224 g/mol. The summed E-state index contributed by atoms with van der Waals surface area (Å²) in [4.78, 5) is 2.09. The van der Waals surface area contributed by atoms with E-state index in [-0.39, 0.29) is 5.82 Å². The molecule has 2 nitrogen and oxygen atoms in total. The van der Waals surface area contributed by atoms with Crippen molar-refractivity contribution in [3.8, 4) is 0 Å². The number of nitrogens with two attached hydrogens (primary N) is 1. The van der Waals surface area contributed by atoms with Crippen LogP contribution in [0.2, 0.25) is 0 Å². The Morgan fingerprint density at radius 2 is 2.00 bits per heavy atom. The second-order valence-electron chi connectivity index (χ2n) is 4.29. The van der Waals surface area contributed by atoms with Crippen LogP contribution >= 0.6 is 0 Å². The van der Waals surface area contributed by atoms with E-state index in [1.54, 1.807) is 6.92 Å². The smallest absolute Gasteiger partial charge is 0.128 e. The number of halogens is 1. The number of hydrogen-bond acceptors (Lipinski definition) is 2. The van der Waals surface area contributed by atoms with Gasteiger partial charge in [-0.1, -0.05) is 19.8 Å². The Morgan fingerprint density at radius 1 is 1.31 bits per heavy atom. The van der Waals surface area contributed by atoms with Crippen LogP contribution < -0.4 is 10.6 Å². The Hall–Kier alpha value is -1.25. The van der Waals surface area contributed by atoms with Gasteiger partial charge >= 0.3 is 0 Å². The number of nitrogens with zero attached hydrogens (tertiary/aromatic N) is 1. The molecule has 0 saturated heterocycles. The quantitative estimate of drug-likeness (QED) is 0.614. The Morgan fingerprint density at radius 3 is 2.62 bits per heavy atom. The van der Waals surface area contributed by atoms with Crippen molar-refractivity contribution in [1.29, 1.82) is 0 Å². The van der Waals surface area contributed by atoms with Crippen molar-refractivity contribution < 1.29 is 4.39 Å². The van der Waals surface area contributed by atoms with Gasteiger partial charge in [-0.15, -0.1) is 0 Å². The molecule has 0 aliphatic rings. The van der Waals surface area contributed by atoms with Crippen molar-refractivity contribution in [2.24, 2.45) is 0 Å². The molecule has 0 saturated carbocycles. The summed E-state index contributed by atoms with van der Waals surface area (Å²) in [6.07, 6.45) is 3.55. The predicted octanol–water partition coefficient (Wildman–Crippen LogP) is 3.34. The third-order valence-electron chi connectivity index (χ3n) is 2.82. The second kappa shape index (κ2) is 5.73. The zero-order chi connectivity index (χ0) is 12.1. The molecule has 0 aromatic heterocycles. The van der Waals surface area contributed by atoms with E-state index in [0.29, 0.717) is 11.3 Å². The van der Waals surface area contributed by atoms with E-state index in [2.05, 4.69) is 11.8 Å². The molecule has 1 aromatic rings. The predicted molar refractivity (Wildman–Crippen MR) is 68.3 cm³/mol. The second-order valence-corrected chi connectivity index (χ2v) is 4.29. The van der Waals surface area contributed by atoms with Gasteiger partial charge in [0.05, 0.1) is 11.4 Å². The van der Waals surface area contributed by atoms with Crippen LogP contribution in [0.25, 0.3) is 0 Å². The highest BCUT2D eigenvalue weighted by Gasteiger charge is 2.08. The number of rotatable bonds is 5. The molecule has 0 spiro atoms. The molecule has 0 aliphatic heterocycles. The van der Waals surface area contributed by atoms with Crippen molar-refractivity contribution >= 4 is 11.4 Å². The standard InChI is InChI=1S/C13H21FN2/c1-4-5-6-7-16(3)13-8-10(2)11(14)9-12(13)15/h8-9H,4-7,15H2,1-3H3. The van der Waals surface area contributed by atoms with Gasteiger partial charge in [-0.25, -0.2) is 4.39 Å². The number of aryl methyl sites for hydroxylation is 1. The molecule has 0 bridgehead atoms. The lowest BCUT2D eigenvalue weighted by Crippen LogP contribution is -2.20. The number of benzene rings is 1. The first-order valence-electron chi connectivity index (χ1n) is 5.83. The van der Waals surface area contributed by atoms with E-state index >= 15 is 0 Å². The minimum atomic E-state index is -0.233. The zero-order valence-electron chi connectivity index (χ0n) is 10.4.